The van der Waals surface area contributed by atoms with Crippen LogP contribution in [-0.4, -0.2) is 4.31 Å². The monoisotopic (exact) mass is 382 g/mol. The summed E-state index contributed by atoms with van der Waals surface area (Å²) in [6.07, 6.45) is 1.90. The van der Waals surface area contributed by atoms with Gasteiger partial charge >= 0.3 is 21.1 Å². The number of nitrogens with zero attached hydrogens (tertiary/aromatic N) is 1. The van der Waals surface area contributed by atoms with Crippen molar-refractivity contribution in [3.63, 3.8) is 0 Å². The molecule has 2 rings (SSSR count). The fourth-order valence-corrected chi connectivity index (χ4v) is 1.24. The minimum Gasteiger partial charge on any atom is -0.693 e. The Bertz CT molecular complexity index is 312. The molecule has 0 radical (unpaired) electrons. The van der Waals surface area contributed by atoms with Gasteiger partial charge in [-0.25, -0.2) is 0 Å². The van der Waals surface area contributed by atoms with Crippen LogP contribution in [0.1, 0.15) is 5.56 Å². The van der Waals surface area contributed by atoms with Crippen molar-refractivity contribution in [3.05, 3.63) is 47.2 Å². The molecule has 68 valence electrons. The summed E-state index contributed by atoms with van der Waals surface area (Å²) >= 11 is 10.6. The normalized spacial score (nSPS) is 12.5. The second-order valence-corrected chi connectivity index (χ2v) is 3.18. The van der Waals surface area contributed by atoms with Crippen molar-refractivity contribution in [2.45, 2.75) is 0 Å². The summed E-state index contributed by atoms with van der Waals surface area (Å²) in [5.41, 5.74) is 2.22. The van der Waals surface area contributed by atoms with E-state index in [0.29, 0.717) is 0 Å². The standard InChI is InChI=1S/C8H5ClNS.H2N.W/c9-7-3-1-6(2-4-7)8-5-10(8)11;;/h1-5H;1H2;/q2*-1;+2. The molecule has 13 heavy (non-hydrogen) atoms. The first-order valence-electron chi connectivity index (χ1n) is 3.21. The van der Waals surface area contributed by atoms with Gasteiger partial charge in [-0.05, 0) is 17.7 Å². The zero-order valence-electron chi connectivity index (χ0n) is 6.61. The molecule has 0 saturated carbocycles. The van der Waals surface area contributed by atoms with Crippen LogP contribution in [0, 0.1) is 0 Å². The summed E-state index contributed by atoms with van der Waals surface area (Å²) < 4.78 is 1.67. The van der Waals surface area contributed by atoms with Gasteiger partial charge in [0.05, 0.1) is 0 Å². The van der Waals surface area contributed by atoms with Gasteiger partial charge in [-0.15, -0.1) is 0 Å². The van der Waals surface area contributed by atoms with Gasteiger partial charge in [0.15, 0.2) is 0 Å². The molecule has 1 aliphatic rings. The Hall–Kier alpha value is 0.0483. The molecule has 0 fully saturated rings. The van der Waals surface area contributed by atoms with Crippen molar-refractivity contribution in [2.24, 2.45) is 0 Å². The summed E-state index contributed by atoms with van der Waals surface area (Å²) in [7, 11) is 0. The van der Waals surface area contributed by atoms with Crippen LogP contribution < -0.4 is 0 Å². The van der Waals surface area contributed by atoms with Crippen molar-refractivity contribution in [1.82, 2.24) is 4.31 Å². The van der Waals surface area contributed by atoms with Crippen molar-refractivity contribution in [1.29, 1.82) is 0 Å². The van der Waals surface area contributed by atoms with E-state index in [4.69, 9.17) is 24.4 Å². The summed E-state index contributed by atoms with van der Waals surface area (Å²) in [4.78, 5) is 0. The number of hydrogen-bond acceptors (Lipinski definition) is 2. The second kappa shape index (κ2) is 5.06. The molecule has 5 heteroatoms. The third-order valence-corrected chi connectivity index (χ3v) is 2.10. The molecule has 2 nitrogen and oxygen atoms in total. The number of halogens is 1. The van der Waals surface area contributed by atoms with Crippen LogP contribution in [0.5, 0.6) is 0 Å². The van der Waals surface area contributed by atoms with Gasteiger partial charge in [0.1, 0.15) is 0 Å². The molecule has 1 aromatic rings. The van der Waals surface area contributed by atoms with Crippen LogP contribution in [-0.2, 0) is 33.9 Å². The van der Waals surface area contributed by atoms with E-state index in [9.17, 15) is 0 Å². The van der Waals surface area contributed by atoms with Crippen LogP contribution in [0.3, 0.4) is 0 Å². The average molecular weight is 383 g/mol. The third-order valence-electron chi connectivity index (χ3n) is 1.55. The Morgan fingerprint density at radius 2 is 1.62 bits per heavy atom. The molecule has 0 bridgehead atoms. The van der Waals surface area contributed by atoms with E-state index in [0.717, 1.165) is 16.3 Å². The Kier molecular flexibility index (Phi) is 5.08. The minimum atomic E-state index is 0. The van der Waals surface area contributed by atoms with Gasteiger partial charge in [0.2, 0.25) is 0 Å². The van der Waals surface area contributed by atoms with E-state index >= 15 is 0 Å². The van der Waals surface area contributed by atoms with Crippen molar-refractivity contribution >= 4 is 30.1 Å². The molecule has 0 spiro atoms. The van der Waals surface area contributed by atoms with Crippen LogP contribution in [0.4, 0.5) is 0 Å². The zero-order valence-corrected chi connectivity index (χ0v) is 11.1. The first kappa shape index (κ1) is 13.0. The van der Waals surface area contributed by atoms with Gasteiger partial charge in [0, 0.05) is 16.9 Å². The van der Waals surface area contributed by atoms with Crippen molar-refractivity contribution in [2.75, 3.05) is 0 Å². The van der Waals surface area contributed by atoms with E-state index in [2.05, 4.69) is 0 Å². The molecule has 0 amide bonds. The van der Waals surface area contributed by atoms with Gasteiger partial charge in [0.25, 0.3) is 0 Å². The quantitative estimate of drug-likeness (QED) is 0.700. The molecule has 0 saturated heterocycles. The van der Waals surface area contributed by atoms with Crippen LogP contribution in [0.15, 0.2) is 30.5 Å². The van der Waals surface area contributed by atoms with Crippen LogP contribution >= 0.6 is 11.6 Å². The molecule has 1 aliphatic heterocycles. The van der Waals surface area contributed by atoms with Crippen LogP contribution in [0.25, 0.3) is 11.8 Å². The first-order chi connectivity index (χ1) is 5.27. The first-order valence-corrected chi connectivity index (χ1v) is 3.96. The molecular weight excluding hydrogens is 375 g/mol. The largest absolute Gasteiger partial charge is 2.00 e. The minimum absolute atomic E-state index is 0. The number of benzene rings is 1. The van der Waals surface area contributed by atoms with Crippen LogP contribution in [0.2, 0.25) is 5.02 Å². The number of nitrogens with two attached hydrogens (primary N) is 1. The Labute approximate surface area is 102 Å². The average Bonchev–Trinajstić information content (AvgIpc) is 2.69. The van der Waals surface area contributed by atoms with Gasteiger partial charge in [-0.2, -0.15) is 0 Å². The van der Waals surface area contributed by atoms with Gasteiger partial charge < -0.3 is 23.3 Å². The SMILES string of the molecule is [NH2-].[S-]N1C=C1c1ccc(Cl)cc1.[W+2]. The van der Waals surface area contributed by atoms with E-state index in [-0.39, 0.29) is 27.2 Å². The second-order valence-electron chi connectivity index (χ2n) is 2.35. The molecule has 0 aliphatic carbocycles. The van der Waals surface area contributed by atoms with E-state index in [1.807, 2.05) is 30.5 Å². The van der Waals surface area contributed by atoms with E-state index in [1.54, 1.807) is 4.31 Å². The molecule has 0 atom stereocenters. The van der Waals surface area contributed by atoms with Crippen molar-refractivity contribution < 1.29 is 21.1 Å². The van der Waals surface area contributed by atoms with Gasteiger partial charge in [-0.3, -0.25) is 0 Å². The zero-order chi connectivity index (χ0) is 7.84. The maximum atomic E-state index is 5.71. The molecule has 0 aromatic heterocycles. The predicted octanol–water partition coefficient (Wildman–Crippen LogP) is 3.13. The number of rotatable bonds is 1. The summed E-state index contributed by atoms with van der Waals surface area (Å²) in [5.74, 6) is 0. The topological polar surface area (TPSA) is 36.5 Å². The van der Waals surface area contributed by atoms with Gasteiger partial charge in [-0.1, -0.05) is 23.7 Å². The summed E-state index contributed by atoms with van der Waals surface area (Å²) in [6.45, 7) is 0. The maximum absolute atomic E-state index is 5.71. The maximum Gasteiger partial charge on any atom is 2.00 e. The molecular formula is C8H7ClN2SW. The molecule has 2 N–H and O–H groups in total. The van der Waals surface area contributed by atoms with E-state index in [1.165, 1.54) is 0 Å². The fraction of sp³-hybridized carbons (Fsp3) is 0. The van der Waals surface area contributed by atoms with E-state index < -0.39 is 0 Å². The van der Waals surface area contributed by atoms with Crippen molar-refractivity contribution in [3.8, 4) is 0 Å². The smallest absolute Gasteiger partial charge is 0.693 e. The Morgan fingerprint density at radius 3 is 2.00 bits per heavy atom. The summed E-state index contributed by atoms with van der Waals surface area (Å²) in [5, 5.41) is 0.755. The Morgan fingerprint density at radius 1 is 1.15 bits per heavy atom. The Balaban J connectivity index is 0.000000720. The number of hydrogen-bond donors (Lipinski definition) is 0. The molecule has 1 aromatic carbocycles. The predicted molar refractivity (Wildman–Crippen MR) is 53.9 cm³/mol. The fourth-order valence-electron chi connectivity index (χ4n) is 0.905. The third kappa shape index (κ3) is 3.03. The molecule has 0 unspecified atom stereocenters. The summed E-state index contributed by atoms with van der Waals surface area (Å²) in [6, 6.07) is 7.64. The molecule has 1 heterocycles.